The molecule has 1 aromatic carbocycles. The Morgan fingerprint density at radius 2 is 1.25 bits per heavy atom. The number of carbonyl (C=O) groups is 10. The number of nitrogens with two attached hydrogens (primary N) is 2. The summed E-state index contributed by atoms with van der Waals surface area (Å²) >= 11 is 0. The summed E-state index contributed by atoms with van der Waals surface area (Å²) in [6.45, 7) is 14.5. The SMILES string of the molecule is CCNC(=O)[C@@H]1CCCN1C(=O)[C@H](CCCN=C(N)N)NC(=O)[C@@H](NC(=O)[C@H](Cc1ccc(O)cc1)NC(=O)[C@@H](NC(=O)[C@H](NC(=O)[C@@H](NC(=O)CNC(=O)CN(C)C(C)=O)C(C)C)[C@@H](C)CC)[C@@H](C)O)[C@@H](C)CC. The van der Waals surface area contributed by atoms with Crippen LogP contribution in [0.15, 0.2) is 29.3 Å². The van der Waals surface area contributed by atoms with Crippen LogP contribution in [0.25, 0.3) is 0 Å². The summed E-state index contributed by atoms with van der Waals surface area (Å²) in [6.07, 6.45) is 0.274. The van der Waals surface area contributed by atoms with Crippen molar-refractivity contribution in [3.05, 3.63) is 29.8 Å². The van der Waals surface area contributed by atoms with Crippen LogP contribution in [0.5, 0.6) is 5.75 Å². The van der Waals surface area contributed by atoms with Gasteiger partial charge in [-0.2, -0.15) is 0 Å². The molecule has 0 radical (unpaired) electrons. The largest absolute Gasteiger partial charge is 0.508 e. The van der Waals surface area contributed by atoms with Crippen LogP contribution in [-0.4, -0.2) is 173 Å². The molecule has 1 saturated heterocycles. The third-order valence-electron chi connectivity index (χ3n) is 13.0. The summed E-state index contributed by atoms with van der Waals surface area (Å²) in [5.74, 6) is -8.60. The number of amides is 10. The lowest BCUT2D eigenvalue weighted by Crippen LogP contribution is -2.63. The van der Waals surface area contributed by atoms with Gasteiger partial charge in [0.25, 0.3) is 0 Å². The summed E-state index contributed by atoms with van der Waals surface area (Å²) in [7, 11) is 1.42. The Morgan fingerprint density at radius 3 is 1.79 bits per heavy atom. The number of nitrogens with zero attached hydrogens (tertiary/aromatic N) is 3. The van der Waals surface area contributed by atoms with Crippen LogP contribution < -0.4 is 54.0 Å². The molecule has 10 amide bonds. The Kier molecular flexibility index (Phi) is 27.0. The average Bonchev–Trinajstić information content (AvgIpc) is 3.85. The van der Waals surface area contributed by atoms with Gasteiger partial charge in [-0.25, -0.2) is 0 Å². The summed E-state index contributed by atoms with van der Waals surface area (Å²) < 4.78 is 0. The van der Waals surface area contributed by atoms with Crippen LogP contribution in [0.1, 0.15) is 106 Å². The number of aromatic hydroxyl groups is 1. The molecule has 25 nitrogen and oxygen atoms in total. The van der Waals surface area contributed by atoms with Gasteiger partial charge >= 0.3 is 0 Å². The number of hydrogen-bond donors (Lipinski definition) is 12. The zero-order valence-electron chi connectivity index (χ0n) is 45.1. The van der Waals surface area contributed by atoms with Gasteiger partial charge in [-0.05, 0) is 75.0 Å². The molecule has 1 fully saturated rings. The first kappa shape index (κ1) is 64.1. The van der Waals surface area contributed by atoms with Gasteiger partial charge in [0.2, 0.25) is 59.1 Å². The minimum absolute atomic E-state index is 0.0768. The van der Waals surface area contributed by atoms with Gasteiger partial charge in [0.05, 0.1) is 19.2 Å². The third-order valence-corrected chi connectivity index (χ3v) is 13.0. The highest BCUT2D eigenvalue weighted by Crippen LogP contribution is 2.21. The van der Waals surface area contributed by atoms with Crippen LogP contribution in [0.4, 0.5) is 0 Å². The van der Waals surface area contributed by atoms with E-state index in [1.165, 1.54) is 50.1 Å². The van der Waals surface area contributed by atoms with E-state index >= 15 is 0 Å². The predicted molar refractivity (Wildman–Crippen MR) is 278 cm³/mol. The van der Waals surface area contributed by atoms with E-state index in [1.807, 2.05) is 0 Å². The summed E-state index contributed by atoms with van der Waals surface area (Å²) in [5.41, 5.74) is 11.5. The maximum atomic E-state index is 14.5. The van der Waals surface area contributed by atoms with Gasteiger partial charge in [-0.15, -0.1) is 0 Å². The normalized spacial score (nSPS) is 16.7. The number of aliphatic hydroxyl groups excluding tert-OH is 1. The van der Waals surface area contributed by atoms with E-state index in [0.717, 1.165) is 4.90 Å². The van der Waals surface area contributed by atoms with Gasteiger partial charge in [0, 0.05) is 40.0 Å². The van der Waals surface area contributed by atoms with E-state index in [0.29, 0.717) is 37.8 Å². The fourth-order valence-corrected chi connectivity index (χ4v) is 8.03. The number of phenolic OH excluding ortho intramolecular Hbond substituents is 1. The number of benzene rings is 1. The topological polar surface area (TPSA) is 378 Å². The quantitative estimate of drug-likeness (QED) is 0.0220. The minimum Gasteiger partial charge on any atom is -0.508 e. The van der Waals surface area contributed by atoms with Crippen molar-refractivity contribution in [2.24, 2.45) is 34.2 Å². The molecule has 1 aliphatic heterocycles. The first-order chi connectivity index (χ1) is 35.3. The Bertz CT molecular complexity index is 2150. The number of rotatable bonds is 30. The highest BCUT2D eigenvalue weighted by atomic mass is 16.3. The zero-order valence-corrected chi connectivity index (χ0v) is 45.1. The molecule has 10 atom stereocenters. The van der Waals surface area contributed by atoms with Crippen LogP contribution >= 0.6 is 0 Å². The number of carbonyl (C=O) groups excluding carboxylic acids is 10. The number of nitrogens with one attached hydrogen (secondary N) is 8. The molecule has 0 saturated carbocycles. The summed E-state index contributed by atoms with van der Waals surface area (Å²) in [4.78, 5) is 141. The Labute approximate surface area is 439 Å². The molecular weight excluding hydrogens is 975 g/mol. The number of phenols is 1. The number of aliphatic imine (C=N–C) groups is 1. The van der Waals surface area contributed by atoms with Crippen molar-refractivity contribution in [2.45, 2.75) is 156 Å². The maximum Gasteiger partial charge on any atom is 0.245 e. The highest BCUT2D eigenvalue weighted by molar-refractivity contribution is 5.98. The van der Waals surface area contributed by atoms with E-state index in [9.17, 15) is 58.2 Å². The molecule has 0 aliphatic carbocycles. The van der Waals surface area contributed by atoms with E-state index in [4.69, 9.17) is 11.5 Å². The number of likely N-dealkylation sites (N-methyl/N-ethyl adjacent to an activating group) is 2. The lowest BCUT2D eigenvalue weighted by atomic mass is 9.95. The maximum absolute atomic E-state index is 14.5. The molecule has 0 aromatic heterocycles. The molecule has 75 heavy (non-hydrogen) atoms. The van der Waals surface area contributed by atoms with E-state index in [1.54, 1.807) is 48.5 Å². The van der Waals surface area contributed by atoms with Crippen molar-refractivity contribution < 1.29 is 58.2 Å². The highest BCUT2D eigenvalue weighted by Gasteiger charge is 2.40. The molecule has 0 bridgehead atoms. The predicted octanol–water partition coefficient (Wildman–Crippen LogP) is -2.25. The van der Waals surface area contributed by atoms with Gasteiger partial charge in [0.15, 0.2) is 5.96 Å². The Hall–Kier alpha value is -7.05. The second-order valence-electron chi connectivity index (χ2n) is 19.4. The lowest BCUT2D eigenvalue weighted by Gasteiger charge is -2.32. The van der Waals surface area contributed by atoms with Gasteiger partial charge in [-0.3, -0.25) is 52.9 Å². The van der Waals surface area contributed by atoms with Crippen LogP contribution in [0, 0.1) is 17.8 Å². The summed E-state index contributed by atoms with van der Waals surface area (Å²) in [5, 5.41) is 42.0. The standard InChI is InChI=1S/C50H83N13O12/c1-11-28(6)40(46(72)56-34(16-14-22-54-50(51)52)49(75)63-23-15-17-36(63)44(70)53-13-3)59-43(69)35(24-32-18-20-33(66)21-19-32)57-48(74)42(30(8)64)61-47(73)41(29(7)12-2)60-45(71)39(27(4)5)58-37(67)25-55-38(68)26-62(10)31(9)65/h18-21,27-30,34-36,39-42,64,66H,11-17,22-26H2,1-10H3,(H,53,70)(H,55,68)(H,56,72)(H,57,74)(H,58,67)(H,59,69)(H,60,71)(H,61,73)(H4,51,52,54)/t28-,29-,30+,34-,35-,36-,39-,40-,41+,42-/m0/s1. The first-order valence-electron chi connectivity index (χ1n) is 25.6. The number of aliphatic hydroxyl groups is 1. The lowest BCUT2D eigenvalue weighted by molar-refractivity contribution is -0.142. The first-order valence-corrected chi connectivity index (χ1v) is 25.6. The molecular formula is C50H83N13O12. The number of guanidine groups is 1. The molecule has 420 valence electrons. The molecule has 1 heterocycles. The van der Waals surface area contributed by atoms with E-state index < -0.39 is 120 Å². The molecule has 0 unspecified atom stereocenters. The Balaban J connectivity index is 2.43. The smallest absolute Gasteiger partial charge is 0.245 e. The Morgan fingerprint density at radius 1 is 0.720 bits per heavy atom. The van der Waals surface area contributed by atoms with Gasteiger partial charge in [-0.1, -0.05) is 66.5 Å². The van der Waals surface area contributed by atoms with Crippen molar-refractivity contribution >= 4 is 65.0 Å². The van der Waals surface area contributed by atoms with Crippen LogP contribution in [-0.2, 0) is 54.4 Å². The average molecular weight is 1060 g/mol. The van der Waals surface area contributed by atoms with Gasteiger partial charge in [0.1, 0.15) is 48.0 Å². The molecule has 1 aromatic rings. The fourth-order valence-electron chi connectivity index (χ4n) is 8.03. The van der Waals surface area contributed by atoms with Crippen molar-refractivity contribution in [3.8, 4) is 5.75 Å². The second-order valence-corrected chi connectivity index (χ2v) is 19.4. The van der Waals surface area contributed by atoms with Crippen LogP contribution in [0.3, 0.4) is 0 Å². The number of hydrogen-bond acceptors (Lipinski definition) is 13. The van der Waals surface area contributed by atoms with Gasteiger partial charge < -0.3 is 74.0 Å². The van der Waals surface area contributed by atoms with Crippen molar-refractivity contribution in [1.82, 2.24) is 52.3 Å². The van der Waals surface area contributed by atoms with Crippen LogP contribution in [0.2, 0.25) is 0 Å². The van der Waals surface area contributed by atoms with Crippen molar-refractivity contribution in [3.63, 3.8) is 0 Å². The molecule has 14 N–H and O–H groups in total. The summed E-state index contributed by atoms with van der Waals surface area (Å²) in [6, 6.07) is -3.11. The number of likely N-dealkylation sites (tertiary alicyclic amines) is 1. The van der Waals surface area contributed by atoms with E-state index in [2.05, 4.69) is 47.5 Å². The third kappa shape index (κ3) is 21.0. The van der Waals surface area contributed by atoms with Crippen molar-refractivity contribution in [1.29, 1.82) is 0 Å². The molecule has 25 heteroatoms. The molecule has 1 aliphatic rings. The van der Waals surface area contributed by atoms with E-state index in [-0.39, 0.29) is 62.4 Å². The van der Waals surface area contributed by atoms with Crippen molar-refractivity contribution in [2.75, 3.05) is 39.8 Å². The zero-order chi connectivity index (χ0) is 56.7. The minimum atomic E-state index is -1.71. The fraction of sp³-hybridized carbons (Fsp3) is 0.660. The monoisotopic (exact) mass is 1060 g/mol. The second kappa shape index (κ2) is 31.6. The molecule has 0 spiro atoms. The molecule has 2 rings (SSSR count).